The van der Waals surface area contributed by atoms with Crippen LogP contribution in [0.3, 0.4) is 0 Å². The zero-order valence-corrected chi connectivity index (χ0v) is 26.5. The van der Waals surface area contributed by atoms with E-state index in [1.54, 1.807) is 0 Å². The average Bonchev–Trinajstić information content (AvgIpc) is 3.46. The molecule has 0 aromatic heterocycles. The second-order valence-corrected chi connectivity index (χ2v) is 12.5. The summed E-state index contributed by atoms with van der Waals surface area (Å²) in [4.78, 5) is 0. The number of rotatable bonds is 6. The fraction of sp³-hybridized carbons (Fsp3) is 0.0213. The largest absolute Gasteiger partial charge is 0.355 e. The van der Waals surface area contributed by atoms with Crippen LogP contribution >= 0.6 is 0 Å². The number of hydrogen-bond acceptors (Lipinski definition) is 1. The highest BCUT2D eigenvalue weighted by Gasteiger charge is 2.46. The molecule has 0 radical (unpaired) electrons. The molecule has 0 amide bonds. The number of nitrogens with one attached hydrogen (secondary N) is 1. The fourth-order valence-electron chi connectivity index (χ4n) is 7.93. The van der Waals surface area contributed by atoms with Crippen LogP contribution in [0.1, 0.15) is 22.3 Å². The van der Waals surface area contributed by atoms with Crippen LogP contribution in [0, 0.1) is 0 Å². The van der Waals surface area contributed by atoms with Gasteiger partial charge < -0.3 is 5.32 Å². The average molecular weight is 612 g/mol. The predicted octanol–water partition coefficient (Wildman–Crippen LogP) is 12.3. The summed E-state index contributed by atoms with van der Waals surface area (Å²) in [6, 6.07) is 70.4. The molecule has 1 aliphatic carbocycles. The molecule has 1 heteroatoms. The Labute approximate surface area is 281 Å². The number of para-hydroxylation sites is 1. The molecule has 0 aliphatic heterocycles. The Morgan fingerprint density at radius 2 is 0.896 bits per heavy atom. The third-order valence-corrected chi connectivity index (χ3v) is 9.94. The molecule has 48 heavy (non-hydrogen) atoms. The molecule has 0 unspecified atom stereocenters. The summed E-state index contributed by atoms with van der Waals surface area (Å²) >= 11 is 0. The van der Waals surface area contributed by atoms with E-state index in [-0.39, 0.29) is 0 Å². The Hall–Kier alpha value is -6.18. The Bertz CT molecular complexity index is 2360. The van der Waals surface area contributed by atoms with Gasteiger partial charge in [-0.05, 0) is 79.0 Å². The quantitative estimate of drug-likeness (QED) is 0.197. The van der Waals surface area contributed by atoms with Crippen molar-refractivity contribution >= 4 is 22.1 Å². The van der Waals surface area contributed by atoms with Crippen LogP contribution in [0.5, 0.6) is 0 Å². The molecule has 9 rings (SSSR count). The second-order valence-electron chi connectivity index (χ2n) is 12.5. The molecule has 226 valence electrons. The number of benzene rings is 8. The molecule has 0 saturated carbocycles. The summed E-state index contributed by atoms with van der Waals surface area (Å²) in [5.74, 6) is 0. The van der Waals surface area contributed by atoms with E-state index < -0.39 is 5.41 Å². The highest BCUT2D eigenvalue weighted by atomic mass is 14.9. The van der Waals surface area contributed by atoms with Crippen molar-refractivity contribution in [2.24, 2.45) is 0 Å². The molecule has 0 fully saturated rings. The van der Waals surface area contributed by atoms with Crippen LogP contribution in [-0.4, -0.2) is 0 Å². The van der Waals surface area contributed by atoms with Crippen LogP contribution < -0.4 is 5.32 Å². The molecular weight excluding hydrogens is 579 g/mol. The summed E-state index contributed by atoms with van der Waals surface area (Å²) in [5, 5.41) is 6.38. The van der Waals surface area contributed by atoms with E-state index in [1.165, 1.54) is 66.4 Å². The Morgan fingerprint density at radius 3 is 1.60 bits per heavy atom. The Kier molecular flexibility index (Phi) is 6.76. The van der Waals surface area contributed by atoms with Gasteiger partial charge in [-0.1, -0.05) is 176 Å². The maximum absolute atomic E-state index is 3.89. The first-order chi connectivity index (χ1) is 23.8. The van der Waals surface area contributed by atoms with Crippen molar-refractivity contribution in [1.82, 2.24) is 0 Å². The summed E-state index contributed by atoms with van der Waals surface area (Å²) in [5.41, 5.74) is 14.3. The van der Waals surface area contributed by atoms with Crippen molar-refractivity contribution in [1.29, 1.82) is 0 Å². The summed E-state index contributed by atoms with van der Waals surface area (Å²) in [7, 11) is 0. The maximum atomic E-state index is 3.89. The van der Waals surface area contributed by atoms with E-state index in [1.807, 2.05) is 0 Å². The molecule has 8 aromatic carbocycles. The number of fused-ring (bicyclic) bond motifs is 4. The van der Waals surface area contributed by atoms with E-state index in [0.29, 0.717) is 0 Å². The van der Waals surface area contributed by atoms with Gasteiger partial charge in [0.25, 0.3) is 0 Å². The van der Waals surface area contributed by atoms with Crippen molar-refractivity contribution in [2.75, 3.05) is 5.32 Å². The molecule has 1 nitrogen and oxygen atoms in total. The highest BCUT2D eigenvalue weighted by molar-refractivity contribution is 6.08. The van der Waals surface area contributed by atoms with Gasteiger partial charge >= 0.3 is 0 Å². The molecule has 0 atom stereocenters. The SMILES string of the molecule is c1ccc(-c2cccc3cccc(-c4ccccc4Nc4ccc5c(c4)C(c4ccccc4)(c4ccccc4)c4ccccc4-5)c23)cc1. The van der Waals surface area contributed by atoms with Gasteiger partial charge in [-0.25, -0.2) is 0 Å². The van der Waals surface area contributed by atoms with Crippen molar-refractivity contribution in [3.8, 4) is 33.4 Å². The minimum absolute atomic E-state index is 0.439. The van der Waals surface area contributed by atoms with Crippen LogP contribution in [0.15, 0.2) is 194 Å². The summed E-state index contributed by atoms with van der Waals surface area (Å²) in [6.07, 6.45) is 0. The Morgan fingerprint density at radius 1 is 0.354 bits per heavy atom. The van der Waals surface area contributed by atoms with Gasteiger partial charge in [-0.2, -0.15) is 0 Å². The van der Waals surface area contributed by atoms with E-state index in [4.69, 9.17) is 0 Å². The van der Waals surface area contributed by atoms with Crippen LogP contribution in [0.4, 0.5) is 11.4 Å². The maximum Gasteiger partial charge on any atom is 0.0714 e. The lowest BCUT2D eigenvalue weighted by Crippen LogP contribution is -2.28. The second kappa shape index (κ2) is 11.6. The van der Waals surface area contributed by atoms with Crippen molar-refractivity contribution in [3.05, 3.63) is 216 Å². The summed E-state index contributed by atoms with van der Waals surface area (Å²) < 4.78 is 0. The predicted molar refractivity (Wildman–Crippen MR) is 202 cm³/mol. The first-order valence-corrected chi connectivity index (χ1v) is 16.6. The van der Waals surface area contributed by atoms with Crippen LogP contribution in [0.2, 0.25) is 0 Å². The van der Waals surface area contributed by atoms with Crippen molar-refractivity contribution in [2.45, 2.75) is 5.41 Å². The third kappa shape index (κ3) is 4.40. The van der Waals surface area contributed by atoms with Crippen LogP contribution in [-0.2, 0) is 5.41 Å². The van der Waals surface area contributed by atoms with Gasteiger partial charge in [0.05, 0.1) is 5.41 Å². The van der Waals surface area contributed by atoms with Gasteiger partial charge in [0, 0.05) is 16.9 Å². The van der Waals surface area contributed by atoms with Gasteiger partial charge in [0.1, 0.15) is 0 Å². The van der Waals surface area contributed by atoms with Crippen LogP contribution in [0.25, 0.3) is 44.2 Å². The number of hydrogen-bond donors (Lipinski definition) is 1. The Balaban J connectivity index is 1.22. The lowest BCUT2D eigenvalue weighted by molar-refractivity contribution is 0.769. The molecule has 1 aliphatic rings. The minimum atomic E-state index is -0.439. The lowest BCUT2D eigenvalue weighted by atomic mass is 9.67. The normalized spacial score (nSPS) is 12.8. The smallest absolute Gasteiger partial charge is 0.0714 e. The van der Waals surface area contributed by atoms with E-state index in [2.05, 4.69) is 199 Å². The van der Waals surface area contributed by atoms with Gasteiger partial charge in [0.15, 0.2) is 0 Å². The fourth-order valence-corrected chi connectivity index (χ4v) is 7.93. The number of anilines is 2. The molecule has 8 aromatic rings. The molecule has 0 heterocycles. The van der Waals surface area contributed by atoms with Gasteiger partial charge in [0.2, 0.25) is 0 Å². The first-order valence-electron chi connectivity index (χ1n) is 16.6. The van der Waals surface area contributed by atoms with Gasteiger partial charge in [-0.3, -0.25) is 0 Å². The van der Waals surface area contributed by atoms with Gasteiger partial charge in [-0.15, -0.1) is 0 Å². The minimum Gasteiger partial charge on any atom is -0.355 e. The molecule has 0 saturated heterocycles. The van der Waals surface area contributed by atoms with E-state index >= 15 is 0 Å². The summed E-state index contributed by atoms with van der Waals surface area (Å²) in [6.45, 7) is 0. The molecule has 1 N–H and O–H groups in total. The topological polar surface area (TPSA) is 12.0 Å². The monoisotopic (exact) mass is 611 g/mol. The van der Waals surface area contributed by atoms with Crippen molar-refractivity contribution < 1.29 is 0 Å². The first kappa shape index (κ1) is 28.1. The third-order valence-electron chi connectivity index (χ3n) is 9.94. The molecule has 0 spiro atoms. The lowest BCUT2D eigenvalue weighted by Gasteiger charge is -2.34. The molecule has 0 bridgehead atoms. The van der Waals surface area contributed by atoms with Crippen molar-refractivity contribution in [3.63, 3.8) is 0 Å². The van der Waals surface area contributed by atoms with E-state index in [0.717, 1.165) is 11.4 Å². The zero-order valence-electron chi connectivity index (χ0n) is 26.5. The van der Waals surface area contributed by atoms with E-state index in [9.17, 15) is 0 Å². The highest BCUT2D eigenvalue weighted by Crippen LogP contribution is 2.56. The zero-order chi connectivity index (χ0) is 31.9. The molecular formula is C47H33N. The standard InChI is InChI=1S/C47H33N/c1-4-16-33(17-5-1)38-26-14-18-34-19-15-27-42(46(34)38)41-25-11-13-29-45(41)48-37-30-31-40-39-24-10-12-28-43(39)47(44(40)32-37,35-20-6-2-7-21-35)36-22-8-3-9-23-36/h1-32,48H.